The van der Waals surface area contributed by atoms with Crippen molar-refractivity contribution in [3.8, 4) is 11.4 Å². The van der Waals surface area contributed by atoms with Crippen molar-refractivity contribution in [2.45, 2.75) is 6.54 Å². The highest BCUT2D eigenvalue weighted by atomic mass is 32.1. The third-order valence-electron chi connectivity index (χ3n) is 2.61. The number of hydrogen-bond donors (Lipinski definition) is 1. The molecule has 0 unspecified atom stereocenters. The monoisotopic (exact) mass is 293 g/mol. The molecule has 0 saturated carbocycles. The lowest BCUT2D eigenvalue weighted by Gasteiger charge is -2.04. The number of anilines is 1. The average molecular weight is 293 g/mol. The van der Waals surface area contributed by atoms with E-state index in [1.54, 1.807) is 0 Å². The standard InChI is InChI=1S/C13H9F2N3OS/c14-9-1-2-10(15)11(5-9)16-6-12-17-13(18-19-12)8-3-4-20-7-8/h1-5,7,16H,6H2. The van der Waals surface area contributed by atoms with Crippen LogP contribution in [0.15, 0.2) is 39.5 Å². The summed E-state index contributed by atoms with van der Waals surface area (Å²) in [5, 5.41) is 10.3. The molecule has 1 aromatic carbocycles. The molecule has 0 radical (unpaired) electrons. The van der Waals surface area contributed by atoms with Crippen molar-refractivity contribution in [3.63, 3.8) is 0 Å². The van der Waals surface area contributed by atoms with Crippen LogP contribution in [0.2, 0.25) is 0 Å². The average Bonchev–Trinajstić information content (AvgIpc) is 3.09. The highest BCUT2D eigenvalue weighted by molar-refractivity contribution is 7.08. The molecule has 0 saturated heterocycles. The minimum absolute atomic E-state index is 0.0558. The molecule has 4 nitrogen and oxygen atoms in total. The minimum atomic E-state index is -0.538. The topological polar surface area (TPSA) is 51.0 Å². The Morgan fingerprint density at radius 2 is 2.15 bits per heavy atom. The number of thiophene rings is 1. The van der Waals surface area contributed by atoms with Gasteiger partial charge in [0.25, 0.3) is 0 Å². The van der Waals surface area contributed by atoms with Crippen molar-refractivity contribution >= 4 is 17.0 Å². The summed E-state index contributed by atoms with van der Waals surface area (Å²) >= 11 is 1.53. The van der Waals surface area contributed by atoms with E-state index >= 15 is 0 Å². The lowest BCUT2D eigenvalue weighted by atomic mass is 10.3. The second kappa shape index (κ2) is 5.38. The van der Waals surface area contributed by atoms with Gasteiger partial charge in [-0.15, -0.1) is 0 Å². The molecule has 1 N–H and O–H groups in total. The van der Waals surface area contributed by atoms with Gasteiger partial charge in [0.15, 0.2) is 0 Å². The lowest BCUT2D eigenvalue weighted by molar-refractivity contribution is 0.384. The number of hydrogen-bond acceptors (Lipinski definition) is 5. The maximum absolute atomic E-state index is 13.4. The zero-order valence-electron chi connectivity index (χ0n) is 10.1. The molecular weight excluding hydrogens is 284 g/mol. The second-order valence-electron chi connectivity index (χ2n) is 4.00. The fraction of sp³-hybridized carbons (Fsp3) is 0.0769. The van der Waals surface area contributed by atoms with Gasteiger partial charge in [0.05, 0.1) is 12.2 Å². The summed E-state index contributed by atoms with van der Waals surface area (Å²) in [6, 6.07) is 5.06. The summed E-state index contributed by atoms with van der Waals surface area (Å²) in [7, 11) is 0. The van der Waals surface area contributed by atoms with E-state index in [0.29, 0.717) is 11.7 Å². The lowest BCUT2D eigenvalue weighted by Crippen LogP contribution is -2.02. The molecule has 3 aromatic rings. The van der Waals surface area contributed by atoms with Gasteiger partial charge in [-0.3, -0.25) is 0 Å². The molecule has 0 amide bonds. The normalized spacial score (nSPS) is 10.7. The Balaban J connectivity index is 1.71. The summed E-state index contributed by atoms with van der Waals surface area (Å²) in [5.41, 5.74) is 0.919. The van der Waals surface area contributed by atoms with Crippen LogP contribution in [0, 0.1) is 11.6 Å². The van der Waals surface area contributed by atoms with Crippen molar-refractivity contribution in [2.24, 2.45) is 0 Å². The first kappa shape index (κ1) is 12.7. The first-order valence-electron chi connectivity index (χ1n) is 5.76. The summed E-state index contributed by atoms with van der Waals surface area (Å²) in [6.07, 6.45) is 0. The van der Waals surface area contributed by atoms with Crippen molar-refractivity contribution in [1.29, 1.82) is 0 Å². The van der Waals surface area contributed by atoms with Crippen LogP contribution in [0.4, 0.5) is 14.5 Å². The predicted molar refractivity (Wildman–Crippen MR) is 71.3 cm³/mol. The maximum Gasteiger partial charge on any atom is 0.246 e. The second-order valence-corrected chi connectivity index (χ2v) is 4.78. The molecule has 0 aliphatic heterocycles. The fourth-order valence-corrected chi connectivity index (χ4v) is 2.27. The Morgan fingerprint density at radius 3 is 2.95 bits per heavy atom. The van der Waals surface area contributed by atoms with Gasteiger partial charge in [-0.1, -0.05) is 5.16 Å². The smallest absolute Gasteiger partial charge is 0.246 e. The fourth-order valence-electron chi connectivity index (χ4n) is 1.64. The van der Waals surface area contributed by atoms with Gasteiger partial charge >= 0.3 is 0 Å². The van der Waals surface area contributed by atoms with E-state index in [9.17, 15) is 8.78 Å². The molecule has 0 aliphatic rings. The maximum atomic E-state index is 13.4. The van der Waals surface area contributed by atoms with Gasteiger partial charge in [0.1, 0.15) is 11.6 Å². The number of nitrogens with one attached hydrogen (secondary N) is 1. The minimum Gasteiger partial charge on any atom is -0.374 e. The molecule has 3 rings (SSSR count). The third kappa shape index (κ3) is 2.67. The molecule has 2 aromatic heterocycles. The molecule has 0 atom stereocenters. The Bertz CT molecular complexity index is 712. The number of benzene rings is 1. The Labute approximate surface area is 117 Å². The summed E-state index contributed by atoms with van der Waals surface area (Å²) in [5.74, 6) is -0.278. The number of rotatable bonds is 4. The summed E-state index contributed by atoms with van der Waals surface area (Å²) in [4.78, 5) is 4.17. The quantitative estimate of drug-likeness (QED) is 0.797. The van der Waals surface area contributed by atoms with Gasteiger partial charge in [0.2, 0.25) is 11.7 Å². The van der Waals surface area contributed by atoms with Crippen LogP contribution >= 0.6 is 11.3 Å². The first-order valence-corrected chi connectivity index (χ1v) is 6.71. The highest BCUT2D eigenvalue weighted by Crippen LogP contribution is 2.20. The van der Waals surface area contributed by atoms with Crippen LogP contribution in [-0.2, 0) is 6.54 Å². The van der Waals surface area contributed by atoms with Crippen LogP contribution < -0.4 is 5.32 Å². The summed E-state index contributed by atoms with van der Waals surface area (Å²) in [6.45, 7) is 0.123. The summed E-state index contributed by atoms with van der Waals surface area (Å²) < 4.78 is 31.5. The first-order chi connectivity index (χ1) is 9.72. The molecule has 0 spiro atoms. The molecule has 0 bridgehead atoms. The van der Waals surface area contributed by atoms with Gasteiger partial charge < -0.3 is 9.84 Å². The van der Waals surface area contributed by atoms with Gasteiger partial charge in [-0.2, -0.15) is 16.3 Å². The van der Waals surface area contributed by atoms with Crippen molar-refractivity contribution < 1.29 is 13.3 Å². The molecule has 102 valence electrons. The van der Waals surface area contributed by atoms with E-state index in [1.165, 1.54) is 11.3 Å². The van der Waals surface area contributed by atoms with Crippen molar-refractivity contribution in [3.05, 3.63) is 52.6 Å². The third-order valence-corrected chi connectivity index (χ3v) is 3.29. The molecule has 7 heteroatoms. The predicted octanol–water partition coefficient (Wildman–Crippen LogP) is 3.69. The largest absolute Gasteiger partial charge is 0.374 e. The number of halogens is 2. The van der Waals surface area contributed by atoms with E-state index in [4.69, 9.17) is 4.52 Å². The van der Waals surface area contributed by atoms with Crippen LogP contribution in [-0.4, -0.2) is 10.1 Å². The van der Waals surface area contributed by atoms with Gasteiger partial charge in [-0.25, -0.2) is 8.78 Å². The molecule has 0 fully saturated rings. The van der Waals surface area contributed by atoms with Gasteiger partial charge in [0, 0.05) is 10.9 Å². The zero-order chi connectivity index (χ0) is 13.9. The van der Waals surface area contributed by atoms with E-state index in [0.717, 1.165) is 23.8 Å². The Hall–Kier alpha value is -2.28. The van der Waals surface area contributed by atoms with E-state index in [2.05, 4.69) is 15.5 Å². The van der Waals surface area contributed by atoms with Gasteiger partial charge in [-0.05, 0) is 29.6 Å². The van der Waals surface area contributed by atoms with E-state index < -0.39 is 11.6 Å². The van der Waals surface area contributed by atoms with Crippen LogP contribution in [0.1, 0.15) is 5.89 Å². The molecular formula is C13H9F2N3OS. The van der Waals surface area contributed by atoms with Crippen molar-refractivity contribution in [1.82, 2.24) is 10.1 Å². The van der Waals surface area contributed by atoms with Crippen LogP contribution in [0.3, 0.4) is 0 Å². The highest BCUT2D eigenvalue weighted by Gasteiger charge is 2.10. The molecule has 20 heavy (non-hydrogen) atoms. The molecule has 0 aliphatic carbocycles. The Kier molecular flexibility index (Phi) is 3.42. The number of nitrogens with zero attached hydrogens (tertiary/aromatic N) is 2. The van der Waals surface area contributed by atoms with Crippen LogP contribution in [0.5, 0.6) is 0 Å². The SMILES string of the molecule is Fc1ccc(F)c(NCc2nc(-c3ccsc3)no2)c1. The molecule has 2 heterocycles. The Morgan fingerprint density at radius 1 is 1.25 bits per heavy atom. The van der Waals surface area contributed by atoms with Crippen molar-refractivity contribution in [2.75, 3.05) is 5.32 Å². The zero-order valence-corrected chi connectivity index (χ0v) is 11.0. The number of aromatic nitrogens is 2. The van der Waals surface area contributed by atoms with E-state index in [-0.39, 0.29) is 12.2 Å². The van der Waals surface area contributed by atoms with Crippen LogP contribution in [0.25, 0.3) is 11.4 Å². The van der Waals surface area contributed by atoms with E-state index in [1.807, 2.05) is 16.8 Å².